The summed E-state index contributed by atoms with van der Waals surface area (Å²) >= 11 is 0. The molecule has 1 aromatic heterocycles. The third-order valence-electron chi connectivity index (χ3n) is 6.41. The molecule has 1 fully saturated rings. The highest BCUT2D eigenvalue weighted by atomic mass is 16.2. The van der Waals surface area contributed by atoms with E-state index in [1.54, 1.807) is 12.1 Å². The number of nitrogens with one attached hydrogen (secondary N) is 2. The molecule has 1 aliphatic carbocycles. The van der Waals surface area contributed by atoms with Crippen molar-refractivity contribution < 1.29 is 9.59 Å². The number of carbonyl (C=O) groups is 2. The monoisotopic (exact) mass is 430 g/mol. The van der Waals surface area contributed by atoms with Crippen LogP contribution in [0, 0.1) is 32.1 Å². The number of carbonyl (C=O) groups excluding carboxylic acids is 2. The van der Waals surface area contributed by atoms with Crippen molar-refractivity contribution in [2.75, 3.05) is 18.0 Å². The van der Waals surface area contributed by atoms with Gasteiger partial charge in [-0.15, -0.1) is 6.42 Å². The van der Waals surface area contributed by atoms with Crippen LogP contribution in [0.1, 0.15) is 58.6 Å². The van der Waals surface area contributed by atoms with Gasteiger partial charge in [0.25, 0.3) is 11.8 Å². The zero-order chi connectivity index (χ0) is 22.8. The van der Waals surface area contributed by atoms with Gasteiger partial charge in [-0.1, -0.05) is 18.4 Å². The van der Waals surface area contributed by atoms with E-state index in [2.05, 4.69) is 22.3 Å². The summed E-state index contributed by atoms with van der Waals surface area (Å²) in [5, 5.41) is 2.70. The van der Waals surface area contributed by atoms with Crippen molar-refractivity contribution >= 4 is 29.2 Å². The lowest BCUT2D eigenvalue weighted by atomic mass is 9.86. The number of H-pyrrole nitrogens is 1. The van der Waals surface area contributed by atoms with Crippen molar-refractivity contribution in [3.63, 3.8) is 0 Å². The second kappa shape index (κ2) is 9.05. The average Bonchev–Trinajstić information content (AvgIpc) is 3.22. The van der Waals surface area contributed by atoms with Crippen molar-refractivity contribution in [3.05, 3.63) is 52.3 Å². The number of hydrogen-bond acceptors (Lipinski definition) is 3. The summed E-state index contributed by atoms with van der Waals surface area (Å²) in [6.45, 7) is 4.79. The molecule has 32 heavy (non-hydrogen) atoms. The molecule has 2 aromatic rings. The predicted octanol–water partition coefficient (Wildman–Crippen LogP) is 3.40. The van der Waals surface area contributed by atoms with Crippen LogP contribution in [0.2, 0.25) is 0 Å². The molecule has 1 aromatic carbocycles. The van der Waals surface area contributed by atoms with E-state index < -0.39 is 0 Å². The van der Waals surface area contributed by atoms with Gasteiger partial charge in [-0.25, -0.2) is 0 Å². The molecule has 2 atom stereocenters. The first kappa shape index (κ1) is 21.9. The van der Waals surface area contributed by atoms with Crippen molar-refractivity contribution in [1.82, 2.24) is 10.3 Å². The van der Waals surface area contributed by atoms with Crippen molar-refractivity contribution in [3.8, 4) is 12.3 Å². The molecule has 2 unspecified atom stereocenters. The molecule has 1 aliphatic heterocycles. The van der Waals surface area contributed by atoms with Crippen LogP contribution in [0.3, 0.4) is 0 Å². The minimum absolute atomic E-state index is 0.0352. The number of nitrogens with zero attached hydrogens (tertiary/aromatic N) is 1. The Bertz CT molecular complexity index is 1120. The fraction of sp³-hybridized carbons (Fsp3) is 0.385. The number of nitrogens with two attached hydrogens (primary N) is 1. The van der Waals surface area contributed by atoms with E-state index in [0.29, 0.717) is 23.6 Å². The number of terminal acetylenes is 1. The predicted molar refractivity (Wildman–Crippen MR) is 128 cm³/mol. The fourth-order valence-corrected chi connectivity index (χ4v) is 4.85. The Morgan fingerprint density at radius 3 is 2.84 bits per heavy atom. The largest absolute Gasteiger partial charge is 0.359 e. The number of aryl methyl sites for hydroxylation is 2. The maximum atomic E-state index is 13.6. The van der Waals surface area contributed by atoms with Crippen LogP contribution >= 0.6 is 0 Å². The van der Waals surface area contributed by atoms with Gasteiger partial charge in [-0.3, -0.25) is 9.59 Å². The summed E-state index contributed by atoms with van der Waals surface area (Å²) in [5.41, 5.74) is 12.0. The topological polar surface area (TPSA) is 91.2 Å². The minimum atomic E-state index is -0.244. The van der Waals surface area contributed by atoms with Gasteiger partial charge in [0.1, 0.15) is 0 Å². The van der Waals surface area contributed by atoms with E-state index in [0.717, 1.165) is 53.9 Å². The maximum Gasteiger partial charge on any atom is 0.259 e. The van der Waals surface area contributed by atoms with E-state index in [-0.39, 0.29) is 24.4 Å². The van der Waals surface area contributed by atoms with Crippen LogP contribution in [-0.4, -0.2) is 35.9 Å². The third-order valence-corrected chi connectivity index (χ3v) is 6.41. The molecular weight excluding hydrogens is 400 g/mol. The number of aromatic amines is 1. The van der Waals surface area contributed by atoms with Crippen LogP contribution < -0.4 is 16.0 Å². The molecule has 0 spiro atoms. The summed E-state index contributed by atoms with van der Waals surface area (Å²) in [5.74, 6) is 2.49. The Labute approximate surface area is 189 Å². The van der Waals surface area contributed by atoms with E-state index in [4.69, 9.17) is 12.2 Å². The van der Waals surface area contributed by atoms with Crippen LogP contribution in [0.15, 0.2) is 24.3 Å². The Morgan fingerprint density at radius 1 is 1.34 bits per heavy atom. The lowest BCUT2D eigenvalue weighted by molar-refractivity contribution is -0.113. The van der Waals surface area contributed by atoms with Gasteiger partial charge < -0.3 is 20.9 Å². The molecule has 2 heterocycles. The second-order valence-electron chi connectivity index (χ2n) is 8.93. The average molecular weight is 431 g/mol. The first-order valence-corrected chi connectivity index (χ1v) is 11.2. The van der Waals surface area contributed by atoms with Crippen molar-refractivity contribution in [1.29, 1.82) is 0 Å². The maximum absolute atomic E-state index is 13.6. The summed E-state index contributed by atoms with van der Waals surface area (Å²) < 4.78 is 0. The highest BCUT2D eigenvalue weighted by Crippen LogP contribution is 2.40. The molecule has 1 saturated carbocycles. The van der Waals surface area contributed by atoms with Gasteiger partial charge in [0.15, 0.2) is 0 Å². The SMILES string of the molecule is C#CCNC(=O)c1ccc2c(c1)N(CC1CCCC(N)C1)C(=O)/C2=C\c1[nH]c(C)cc1C. The van der Waals surface area contributed by atoms with E-state index >= 15 is 0 Å². The lowest BCUT2D eigenvalue weighted by Crippen LogP contribution is -2.37. The quantitative estimate of drug-likeness (QED) is 0.502. The van der Waals surface area contributed by atoms with Crippen LogP contribution in [0.4, 0.5) is 5.69 Å². The molecule has 6 heteroatoms. The number of amides is 2. The Hall–Kier alpha value is -3.30. The summed E-state index contributed by atoms with van der Waals surface area (Å²) in [7, 11) is 0. The molecule has 6 nitrogen and oxygen atoms in total. The van der Waals surface area contributed by atoms with Crippen molar-refractivity contribution in [2.24, 2.45) is 11.7 Å². The number of aromatic nitrogens is 1. The number of hydrogen-bond donors (Lipinski definition) is 3. The summed E-state index contributed by atoms with van der Waals surface area (Å²) in [6.07, 6.45) is 11.3. The van der Waals surface area contributed by atoms with E-state index in [1.165, 1.54) is 0 Å². The third kappa shape index (κ3) is 4.35. The lowest BCUT2D eigenvalue weighted by Gasteiger charge is -2.30. The van der Waals surface area contributed by atoms with Crippen molar-refractivity contribution in [2.45, 2.75) is 45.6 Å². The molecule has 0 bridgehead atoms. The normalized spacial score (nSPS) is 21.5. The van der Waals surface area contributed by atoms with Crippen LogP contribution in [-0.2, 0) is 4.79 Å². The molecule has 0 saturated heterocycles. The van der Waals surface area contributed by atoms with Crippen LogP contribution in [0.25, 0.3) is 11.6 Å². The number of rotatable bonds is 5. The molecule has 2 amide bonds. The molecular formula is C26H30N4O2. The first-order valence-electron chi connectivity index (χ1n) is 11.2. The molecule has 166 valence electrons. The van der Waals surface area contributed by atoms with Gasteiger partial charge >= 0.3 is 0 Å². The zero-order valence-electron chi connectivity index (χ0n) is 18.7. The van der Waals surface area contributed by atoms with Gasteiger partial charge in [0, 0.05) is 35.1 Å². The van der Waals surface area contributed by atoms with Gasteiger partial charge in [-0.05, 0) is 68.9 Å². The first-order chi connectivity index (χ1) is 15.4. The van der Waals surface area contributed by atoms with Gasteiger partial charge in [-0.2, -0.15) is 0 Å². The number of fused-ring (bicyclic) bond motifs is 1. The number of anilines is 1. The molecule has 4 rings (SSSR count). The van der Waals surface area contributed by atoms with E-state index in [1.807, 2.05) is 30.9 Å². The smallest absolute Gasteiger partial charge is 0.259 e. The van der Waals surface area contributed by atoms with Gasteiger partial charge in [0.05, 0.1) is 17.8 Å². The Balaban J connectivity index is 1.72. The highest BCUT2D eigenvalue weighted by molar-refractivity contribution is 6.36. The highest BCUT2D eigenvalue weighted by Gasteiger charge is 2.35. The Kier molecular flexibility index (Phi) is 6.20. The summed E-state index contributed by atoms with van der Waals surface area (Å²) in [4.78, 5) is 31.2. The zero-order valence-corrected chi connectivity index (χ0v) is 18.7. The van der Waals surface area contributed by atoms with Gasteiger partial charge in [0.2, 0.25) is 0 Å². The summed E-state index contributed by atoms with van der Waals surface area (Å²) in [6, 6.07) is 7.66. The second-order valence-corrected chi connectivity index (χ2v) is 8.93. The van der Waals surface area contributed by atoms with E-state index in [9.17, 15) is 9.59 Å². The minimum Gasteiger partial charge on any atom is -0.359 e. The van der Waals surface area contributed by atoms with Crippen LogP contribution in [0.5, 0.6) is 0 Å². The fourth-order valence-electron chi connectivity index (χ4n) is 4.85. The Morgan fingerprint density at radius 2 is 2.16 bits per heavy atom. The standard InChI is InChI=1S/C26H30N4O2/c1-4-10-28-25(31)19-8-9-21-22(14-23-16(2)11-17(3)29-23)26(32)30(24(21)13-19)15-18-6-5-7-20(27)12-18/h1,8-9,11,13-14,18,20,29H,5-7,10,12,15,27H2,2-3H3,(H,28,31)/b22-14-. The molecule has 4 N–H and O–H groups in total. The molecule has 0 radical (unpaired) electrons. The molecule has 2 aliphatic rings. The number of benzene rings is 1.